The molecule has 2 rings (SSSR count). The molecule has 10 heteroatoms. The lowest BCUT2D eigenvalue weighted by Gasteiger charge is -2.16. The quantitative estimate of drug-likeness (QED) is 0.342. The van der Waals surface area contributed by atoms with E-state index in [9.17, 15) is 14.7 Å². The molecule has 1 saturated heterocycles. The van der Waals surface area contributed by atoms with Crippen molar-refractivity contribution < 1.29 is 9.84 Å². The first-order valence-corrected chi connectivity index (χ1v) is 5.46. The van der Waals surface area contributed by atoms with Gasteiger partial charge in [-0.1, -0.05) is 5.11 Å². The smallest absolute Gasteiger partial charge is 0.330 e. The maximum Gasteiger partial charge on any atom is 0.330 e. The van der Waals surface area contributed by atoms with E-state index in [-0.39, 0.29) is 6.54 Å². The van der Waals surface area contributed by atoms with E-state index in [0.29, 0.717) is 0 Å². The lowest BCUT2D eigenvalue weighted by Crippen LogP contribution is -2.42. The van der Waals surface area contributed by atoms with Crippen molar-refractivity contribution in [3.63, 3.8) is 0 Å². The molecule has 0 saturated carbocycles. The first-order valence-electron chi connectivity index (χ1n) is 5.46. The summed E-state index contributed by atoms with van der Waals surface area (Å²) in [4.78, 5) is 27.2. The van der Waals surface area contributed by atoms with Gasteiger partial charge in [0.1, 0.15) is 6.10 Å². The Morgan fingerprint density at radius 2 is 2.37 bits per heavy atom. The molecule has 0 spiro atoms. The molecule has 4 N–H and O–H groups in total. The first kappa shape index (κ1) is 13.3. The number of ether oxygens (including phenoxy) is 1. The van der Waals surface area contributed by atoms with Gasteiger partial charge in [-0.15, -0.1) is 0 Å². The molecule has 1 aromatic heterocycles. The SMILES string of the molecule is [N-]=[N+]=NC[C@H]1O[C@@H](n2ccc(=O)[nH]c2=O)[C@@H](O)[C@@H]1N. The second-order valence-corrected chi connectivity index (χ2v) is 4.06. The Kier molecular flexibility index (Phi) is 3.67. The predicted octanol–water partition coefficient (Wildman–Crippen LogP) is -1.57. The van der Waals surface area contributed by atoms with Crippen molar-refractivity contribution >= 4 is 0 Å². The largest absolute Gasteiger partial charge is 0.387 e. The molecule has 19 heavy (non-hydrogen) atoms. The molecule has 10 nitrogen and oxygen atoms in total. The van der Waals surface area contributed by atoms with Gasteiger partial charge in [-0.2, -0.15) is 0 Å². The molecule has 1 aliphatic rings. The van der Waals surface area contributed by atoms with Crippen LogP contribution in [0.3, 0.4) is 0 Å². The number of hydrogen-bond donors (Lipinski definition) is 3. The maximum atomic E-state index is 11.6. The van der Waals surface area contributed by atoms with Crippen LogP contribution in [0.1, 0.15) is 6.23 Å². The third-order valence-electron chi connectivity index (χ3n) is 2.88. The lowest BCUT2D eigenvalue weighted by molar-refractivity contribution is -0.0371. The van der Waals surface area contributed by atoms with Gasteiger partial charge in [0.05, 0.1) is 18.7 Å². The highest BCUT2D eigenvalue weighted by Gasteiger charge is 2.42. The monoisotopic (exact) mass is 268 g/mol. The molecule has 102 valence electrons. The number of H-pyrrole nitrogens is 1. The summed E-state index contributed by atoms with van der Waals surface area (Å²) in [6.07, 6.45) is -1.67. The molecule has 1 aliphatic heterocycles. The Morgan fingerprint density at radius 1 is 1.63 bits per heavy atom. The minimum absolute atomic E-state index is 0.0523. The number of aliphatic hydroxyl groups is 1. The topological polar surface area (TPSA) is 159 Å². The highest BCUT2D eigenvalue weighted by atomic mass is 16.5. The van der Waals surface area contributed by atoms with E-state index in [1.165, 1.54) is 6.20 Å². The number of aliphatic hydroxyl groups excluding tert-OH is 1. The van der Waals surface area contributed by atoms with Crippen molar-refractivity contribution in [2.24, 2.45) is 10.8 Å². The highest BCUT2D eigenvalue weighted by Crippen LogP contribution is 2.27. The fraction of sp³-hybridized carbons (Fsp3) is 0.556. The standard InChI is InChI=1S/C9H12N6O4/c10-6-4(3-12-14-11)19-8(7(6)17)15-2-1-5(16)13-9(15)18/h1-2,4,6-8,17H,3,10H2,(H,13,16,18)/t4-,6-,7+,8-/m1/s1. The van der Waals surface area contributed by atoms with Gasteiger partial charge >= 0.3 is 5.69 Å². The van der Waals surface area contributed by atoms with Crippen molar-refractivity contribution in [1.29, 1.82) is 0 Å². The van der Waals surface area contributed by atoms with Gasteiger partial charge in [-0.3, -0.25) is 14.3 Å². The third kappa shape index (κ3) is 2.51. The Balaban J connectivity index is 2.28. The third-order valence-corrected chi connectivity index (χ3v) is 2.88. The van der Waals surface area contributed by atoms with Crippen LogP contribution in [-0.4, -0.2) is 39.5 Å². The van der Waals surface area contributed by atoms with Crippen LogP contribution in [0.2, 0.25) is 0 Å². The van der Waals surface area contributed by atoms with Gasteiger partial charge in [-0.05, 0) is 5.53 Å². The van der Waals surface area contributed by atoms with Gasteiger partial charge in [-0.25, -0.2) is 4.79 Å². The summed E-state index contributed by atoms with van der Waals surface area (Å²) in [5.74, 6) is 0. The zero-order valence-corrected chi connectivity index (χ0v) is 9.71. The van der Waals surface area contributed by atoms with Crippen LogP contribution >= 0.6 is 0 Å². The average molecular weight is 268 g/mol. The van der Waals surface area contributed by atoms with Gasteiger partial charge in [0.25, 0.3) is 5.56 Å². The zero-order valence-electron chi connectivity index (χ0n) is 9.71. The summed E-state index contributed by atoms with van der Waals surface area (Å²) in [6.45, 7) is -0.0523. The summed E-state index contributed by atoms with van der Waals surface area (Å²) in [6, 6.07) is 0.332. The summed E-state index contributed by atoms with van der Waals surface area (Å²) in [5.41, 5.74) is 12.7. The van der Waals surface area contributed by atoms with Crippen molar-refractivity contribution in [2.75, 3.05) is 6.54 Å². The number of nitrogens with zero attached hydrogens (tertiary/aromatic N) is 4. The molecule has 0 unspecified atom stereocenters. The fourth-order valence-corrected chi connectivity index (χ4v) is 1.90. The number of aromatic nitrogens is 2. The van der Waals surface area contributed by atoms with E-state index in [1.807, 2.05) is 4.98 Å². The molecule has 2 heterocycles. The maximum absolute atomic E-state index is 11.6. The molecule has 0 aromatic carbocycles. The zero-order chi connectivity index (χ0) is 14.0. The summed E-state index contributed by atoms with van der Waals surface area (Å²) < 4.78 is 6.43. The van der Waals surface area contributed by atoms with E-state index in [1.54, 1.807) is 0 Å². The average Bonchev–Trinajstić information content (AvgIpc) is 2.64. The molecule has 4 atom stereocenters. The van der Waals surface area contributed by atoms with Gasteiger partial charge < -0.3 is 15.6 Å². The van der Waals surface area contributed by atoms with Crippen LogP contribution in [0.5, 0.6) is 0 Å². The Morgan fingerprint density at radius 3 is 3.00 bits per heavy atom. The molecule has 0 bridgehead atoms. The summed E-state index contributed by atoms with van der Waals surface area (Å²) in [5, 5.41) is 13.3. The molecule has 0 radical (unpaired) electrons. The number of azide groups is 1. The van der Waals surface area contributed by atoms with Crippen LogP contribution in [0.25, 0.3) is 10.4 Å². The predicted molar refractivity (Wildman–Crippen MR) is 63.2 cm³/mol. The van der Waals surface area contributed by atoms with Gasteiger partial charge in [0, 0.05) is 17.2 Å². The Bertz CT molecular complexity index is 618. The van der Waals surface area contributed by atoms with Crippen molar-refractivity contribution in [2.45, 2.75) is 24.5 Å². The summed E-state index contributed by atoms with van der Waals surface area (Å²) >= 11 is 0. The Hall–Kier alpha value is -2.13. The number of nitrogens with one attached hydrogen (secondary N) is 1. The van der Waals surface area contributed by atoms with Crippen molar-refractivity contribution in [3.8, 4) is 0 Å². The number of nitrogens with two attached hydrogens (primary N) is 1. The van der Waals surface area contributed by atoms with Crippen LogP contribution in [-0.2, 0) is 4.74 Å². The first-order chi connectivity index (χ1) is 9.04. The minimum Gasteiger partial charge on any atom is -0.387 e. The van der Waals surface area contributed by atoms with Crippen molar-refractivity contribution in [1.82, 2.24) is 9.55 Å². The Labute approximate surface area is 106 Å². The molecule has 0 amide bonds. The molecular weight excluding hydrogens is 256 g/mol. The van der Waals surface area contributed by atoms with Gasteiger partial charge in [0.2, 0.25) is 0 Å². The van der Waals surface area contributed by atoms with Crippen LogP contribution in [0.4, 0.5) is 0 Å². The highest BCUT2D eigenvalue weighted by molar-refractivity contribution is 4.95. The van der Waals surface area contributed by atoms with Gasteiger partial charge in [0.15, 0.2) is 6.23 Å². The molecule has 1 aromatic rings. The number of aromatic amines is 1. The van der Waals surface area contributed by atoms with Crippen LogP contribution in [0, 0.1) is 0 Å². The minimum atomic E-state index is -1.15. The lowest BCUT2D eigenvalue weighted by atomic mass is 10.1. The van der Waals surface area contributed by atoms with E-state index >= 15 is 0 Å². The van der Waals surface area contributed by atoms with Crippen LogP contribution < -0.4 is 17.0 Å². The number of hydrogen-bond acceptors (Lipinski definition) is 6. The van der Waals surface area contributed by atoms with E-state index in [2.05, 4.69) is 10.0 Å². The summed E-state index contributed by atoms with van der Waals surface area (Å²) in [7, 11) is 0. The second-order valence-electron chi connectivity index (χ2n) is 4.06. The van der Waals surface area contributed by atoms with E-state index in [4.69, 9.17) is 16.0 Å². The molecule has 1 fully saturated rings. The fourth-order valence-electron chi connectivity index (χ4n) is 1.90. The second kappa shape index (κ2) is 5.24. The molecular formula is C9H12N6O4. The van der Waals surface area contributed by atoms with Crippen LogP contribution in [0.15, 0.2) is 27.0 Å². The van der Waals surface area contributed by atoms with Crippen molar-refractivity contribution in [3.05, 3.63) is 43.5 Å². The molecule has 0 aliphatic carbocycles. The number of rotatable bonds is 3. The van der Waals surface area contributed by atoms with E-state index < -0.39 is 35.7 Å². The normalized spacial score (nSPS) is 30.0. The van der Waals surface area contributed by atoms with E-state index in [0.717, 1.165) is 10.6 Å².